The number of nitrogens with one attached hydrogen (secondary N) is 1. The lowest BCUT2D eigenvalue weighted by molar-refractivity contribution is 0.588. The van der Waals surface area contributed by atoms with Gasteiger partial charge in [-0.05, 0) is 31.5 Å². The summed E-state index contributed by atoms with van der Waals surface area (Å²) in [6, 6.07) is 7.75. The molecular weight excluding hydrogens is 338 g/mol. The molecule has 128 valence electrons. The van der Waals surface area contributed by atoms with Gasteiger partial charge in [0.15, 0.2) is 5.65 Å². The van der Waals surface area contributed by atoms with Crippen LogP contribution in [0.4, 0.5) is 0 Å². The van der Waals surface area contributed by atoms with Crippen molar-refractivity contribution >= 4 is 21.2 Å². The molecule has 0 aliphatic carbocycles. The smallest absolute Gasteiger partial charge is 0.245 e. The van der Waals surface area contributed by atoms with Gasteiger partial charge in [0.1, 0.15) is 11.6 Å². The molecule has 2 heterocycles. The highest BCUT2D eigenvalue weighted by molar-refractivity contribution is 7.90. The quantitative estimate of drug-likeness (QED) is 0.539. The molecule has 0 radical (unpaired) electrons. The largest absolute Gasteiger partial charge is 0.269 e. The average molecular weight is 355 g/mol. The van der Waals surface area contributed by atoms with E-state index in [1.165, 1.54) is 12.4 Å². The van der Waals surface area contributed by atoms with Crippen molar-refractivity contribution in [1.82, 2.24) is 13.9 Å². The molecule has 1 N–H and O–H groups in total. The Kier molecular flexibility index (Phi) is 4.45. The van der Waals surface area contributed by atoms with Gasteiger partial charge in [-0.15, -0.1) is 6.58 Å². The lowest BCUT2D eigenvalue weighted by Gasteiger charge is -2.09. The fourth-order valence-corrected chi connectivity index (χ4v) is 3.77. The maximum atomic E-state index is 12.8. The van der Waals surface area contributed by atoms with E-state index in [0.29, 0.717) is 17.6 Å². The zero-order chi connectivity index (χ0) is 18.0. The first-order valence-corrected chi connectivity index (χ1v) is 9.05. The number of hydrogen-bond donors (Lipinski definition) is 1. The Morgan fingerprint density at radius 1 is 1.32 bits per heavy atom. The Bertz CT molecular complexity index is 1040. The third-order valence-corrected chi connectivity index (χ3v) is 5.52. The number of aryl methyl sites for hydroxylation is 1. The molecule has 0 aliphatic heterocycles. The Morgan fingerprint density at radius 3 is 2.68 bits per heavy atom. The second-order valence-electron chi connectivity index (χ2n) is 5.60. The van der Waals surface area contributed by atoms with Gasteiger partial charge in [-0.25, -0.2) is 27.9 Å². The van der Waals surface area contributed by atoms with E-state index >= 15 is 0 Å². The molecule has 0 fully saturated rings. The molecule has 0 bridgehead atoms. The second-order valence-corrected chi connectivity index (χ2v) is 7.42. The minimum atomic E-state index is -3.75. The van der Waals surface area contributed by atoms with Crippen LogP contribution in [-0.2, 0) is 10.0 Å². The summed E-state index contributed by atoms with van der Waals surface area (Å²) < 4.78 is 26.8. The normalized spacial score (nSPS) is 12.8. The Hall–Kier alpha value is -2.87. The van der Waals surface area contributed by atoms with E-state index < -0.39 is 16.1 Å². The van der Waals surface area contributed by atoms with Crippen LogP contribution in [0, 0.1) is 12.5 Å². The van der Waals surface area contributed by atoms with Crippen molar-refractivity contribution in [2.75, 3.05) is 0 Å². The summed E-state index contributed by atoms with van der Waals surface area (Å²) in [7, 11) is -3.75. The van der Waals surface area contributed by atoms with E-state index in [9.17, 15) is 8.42 Å². The number of aromatic nitrogens is 3. The summed E-state index contributed by atoms with van der Waals surface area (Å²) in [5, 5.41) is 3.52. The third kappa shape index (κ3) is 3.08. The molecule has 0 saturated carbocycles. The molecule has 7 nitrogen and oxygen atoms in total. The van der Waals surface area contributed by atoms with Crippen molar-refractivity contribution in [3.8, 4) is 0 Å². The van der Waals surface area contributed by atoms with Crippen LogP contribution in [0.1, 0.15) is 23.7 Å². The first-order chi connectivity index (χ1) is 12.0. The number of fused-ring (bicyclic) bond motifs is 1. The summed E-state index contributed by atoms with van der Waals surface area (Å²) in [4.78, 5) is 8.83. The molecule has 3 aromatic rings. The zero-order valence-corrected chi connectivity index (χ0v) is 14.4. The Balaban J connectivity index is 2.08. The van der Waals surface area contributed by atoms with E-state index in [1.54, 1.807) is 36.4 Å². The molecule has 0 saturated heterocycles. The SMILES string of the molecule is C=CCC(N=N)c1cnc2c(ccn2S(=O)(=O)c2ccc(C)cc2)n1. The molecule has 8 heteroatoms. The van der Waals surface area contributed by atoms with Crippen molar-refractivity contribution in [2.24, 2.45) is 5.11 Å². The topological polar surface area (TPSA) is 101 Å². The summed E-state index contributed by atoms with van der Waals surface area (Å²) in [6.07, 6.45) is 5.01. The number of nitrogens with zero attached hydrogens (tertiary/aromatic N) is 4. The molecule has 0 amide bonds. The molecule has 1 unspecified atom stereocenters. The van der Waals surface area contributed by atoms with E-state index in [1.807, 2.05) is 6.92 Å². The van der Waals surface area contributed by atoms with Crippen LogP contribution in [-0.4, -0.2) is 22.4 Å². The minimum Gasteiger partial charge on any atom is -0.245 e. The maximum Gasteiger partial charge on any atom is 0.269 e. The van der Waals surface area contributed by atoms with Gasteiger partial charge in [0.25, 0.3) is 10.0 Å². The van der Waals surface area contributed by atoms with Gasteiger partial charge < -0.3 is 0 Å². The lowest BCUT2D eigenvalue weighted by atomic mass is 10.1. The molecular formula is C17H17N5O2S. The van der Waals surface area contributed by atoms with E-state index in [-0.39, 0.29) is 10.5 Å². The zero-order valence-electron chi connectivity index (χ0n) is 13.6. The molecule has 0 spiro atoms. The molecule has 3 rings (SSSR count). The fourth-order valence-electron chi connectivity index (χ4n) is 2.48. The molecule has 0 aliphatic rings. The Morgan fingerprint density at radius 2 is 2.04 bits per heavy atom. The van der Waals surface area contributed by atoms with Gasteiger partial charge in [-0.3, -0.25) is 0 Å². The fraction of sp³-hybridized carbons (Fsp3) is 0.176. The summed E-state index contributed by atoms with van der Waals surface area (Å²) in [5.41, 5.74) is 9.42. The van der Waals surface area contributed by atoms with Crippen LogP contribution in [0.2, 0.25) is 0 Å². The predicted molar refractivity (Wildman–Crippen MR) is 94.0 cm³/mol. The third-order valence-electron chi connectivity index (χ3n) is 3.84. The van der Waals surface area contributed by atoms with Gasteiger partial charge in [-0.1, -0.05) is 23.8 Å². The highest BCUT2D eigenvalue weighted by Crippen LogP contribution is 2.24. The highest BCUT2D eigenvalue weighted by atomic mass is 32.2. The number of rotatable bonds is 6. The standard InChI is InChI=1S/C17H17N5O2S/c1-3-4-14(21-18)16-11-19-17-15(20-16)9-10-22(17)25(23,24)13-7-5-12(2)6-8-13/h3,5-11,14,18H,1,4H2,2H3. The maximum absolute atomic E-state index is 12.8. The van der Waals surface area contributed by atoms with Gasteiger partial charge in [-0.2, -0.15) is 5.11 Å². The molecule has 2 aromatic heterocycles. The minimum absolute atomic E-state index is 0.187. The van der Waals surface area contributed by atoms with Gasteiger partial charge in [0, 0.05) is 6.20 Å². The number of hydrogen-bond acceptors (Lipinski definition) is 6. The van der Waals surface area contributed by atoms with Crippen LogP contribution in [0.5, 0.6) is 0 Å². The van der Waals surface area contributed by atoms with Crippen LogP contribution in [0.25, 0.3) is 11.2 Å². The van der Waals surface area contributed by atoms with Gasteiger partial charge >= 0.3 is 0 Å². The van der Waals surface area contributed by atoms with E-state index in [0.717, 1.165) is 9.54 Å². The van der Waals surface area contributed by atoms with E-state index in [4.69, 9.17) is 5.53 Å². The summed E-state index contributed by atoms with van der Waals surface area (Å²) in [6.45, 7) is 5.53. The van der Waals surface area contributed by atoms with Crippen LogP contribution in [0.3, 0.4) is 0 Å². The van der Waals surface area contributed by atoms with Crippen molar-refractivity contribution in [3.05, 3.63) is 66.6 Å². The highest BCUT2D eigenvalue weighted by Gasteiger charge is 2.21. The number of benzene rings is 1. The van der Waals surface area contributed by atoms with E-state index in [2.05, 4.69) is 21.7 Å². The van der Waals surface area contributed by atoms with Gasteiger partial charge in [0.2, 0.25) is 0 Å². The summed E-state index contributed by atoms with van der Waals surface area (Å²) >= 11 is 0. The summed E-state index contributed by atoms with van der Waals surface area (Å²) in [5.74, 6) is 0. The first-order valence-electron chi connectivity index (χ1n) is 7.61. The lowest BCUT2D eigenvalue weighted by Crippen LogP contribution is -2.12. The monoisotopic (exact) mass is 355 g/mol. The van der Waals surface area contributed by atoms with Crippen molar-refractivity contribution in [2.45, 2.75) is 24.3 Å². The van der Waals surface area contributed by atoms with Crippen molar-refractivity contribution < 1.29 is 8.42 Å². The van der Waals surface area contributed by atoms with Crippen LogP contribution >= 0.6 is 0 Å². The van der Waals surface area contributed by atoms with Crippen LogP contribution < -0.4 is 0 Å². The van der Waals surface area contributed by atoms with Gasteiger partial charge in [0.05, 0.1) is 16.8 Å². The molecule has 1 atom stereocenters. The average Bonchev–Trinajstić information content (AvgIpc) is 3.04. The molecule has 1 aromatic carbocycles. The molecule has 25 heavy (non-hydrogen) atoms. The predicted octanol–water partition coefficient (Wildman–Crippen LogP) is 3.62. The first kappa shape index (κ1) is 17.0. The second kappa shape index (κ2) is 6.56. The Labute approximate surface area is 145 Å². The van der Waals surface area contributed by atoms with Crippen molar-refractivity contribution in [3.63, 3.8) is 0 Å². The van der Waals surface area contributed by atoms with Crippen molar-refractivity contribution in [1.29, 1.82) is 5.53 Å². The van der Waals surface area contributed by atoms with Crippen LogP contribution in [0.15, 0.2) is 65.4 Å².